The lowest BCUT2D eigenvalue weighted by Crippen LogP contribution is -2.18. The van der Waals surface area contributed by atoms with Crippen molar-refractivity contribution in [2.75, 3.05) is 25.6 Å². The Hall–Kier alpha value is -1.39. The fourth-order valence-electron chi connectivity index (χ4n) is 1.30. The number of amides is 1. The van der Waals surface area contributed by atoms with Crippen LogP contribution in [0.5, 0.6) is 0 Å². The first-order valence-electron chi connectivity index (χ1n) is 5.22. The summed E-state index contributed by atoms with van der Waals surface area (Å²) in [5.74, 6) is -0.161. The Bertz CT molecular complexity index is 339. The number of carbonyl (C=O) groups excluding carboxylic acids is 1. The van der Waals surface area contributed by atoms with E-state index in [1.54, 1.807) is 0 Å². The van der Waals surface area contributed by atoms with Gasteiger partial charge in [0.15, 0.2) is 0 Å². The number of para-hydroxylation sites is 1. The van der Waals surface area contributed by atoms with Crippen LogP contribution in [0.4, 0.5) is 5.69 Å². The van der Waals surface area contributed by atoms with Gasteiger partial charge in [0.25, 0.3) is 0 Å². The van der Waals surface area contributed by atoms with Gasteiger partial charge in [-0.1, -0.05) is 18.2 Å². The maximum absolute atomic E-state index is 11.4. The van der Waals surface area contributed by atoms with E-state index in [-0.39, 0.29) is 12.5 Å². The van der Waals surface area contributed by atoms with Crippen molar-refractivity contribution in [1.29, 1.82) is 0 Å². The summed E-state index contributed by atoms with van der Waals surface area (Å²) in [7, 11) is 1.49. The molecule has 88 valence electrons. The third-order valence-electron chi connectivity index (χ3n) is 2.03. The molecule has 1 amide bonds. The van der Waals surface area contributed by atoms with Crippen LogP contribution in [-0.4, -0.2) is 26.2 Å². The van der Waals surface area contributed by atoms with Gasteiger partial charge >= 0.3 is 0 Å². The third-order valence-corrected chi connectivity index (χ3v) is 2.03. The highest BCUT2D eigenvalue weighted by molar-refractivity contribution is 5.92. The van der Waals surface area contributed by atoms with E-state index in [0.29, 0.717) is 13.2 Å². The molecule has 1 N–H and O–H groups in total. The summed E-state index contributed by atoms with van der Waals surface area (Å²) in [6.45, 7) is 3.15. The number of rotatable bonds is 6. The van der Waals surface area contributed by atoms with E-state index in [1.807, 2.05) is 31.2 Å². The molecule has 0 saturated heterocycles. The SMILES string of the molecule is CCOCc1ccccc1NC(=O)COC. The minimum Gasteiger partial charge on any atom is -0.377 e. The van der Waals surface area contributed by atoms with Crippen molar-refractivity contribution >= 4 is 11.6 Å². The Balaban J connectivity index is 2.66. The van der Waals surface area contributed by atoms with Gasteiger partial charge in [-0.05, 0) is 13.0 Å². The van der Waals surface area contributed by atoms with Crippen molar-refractivity contribution < 1.29 is 14.3 Å². The number of methoxy groups -OCH3 is 1. The molecule has 0 radical (unpaired) electrons. The summed E-state index contributed by atoms with van der Waals surface area (Å²) in [6.07, 6.45) is 0. The van der Waals surface area contributed by atoms with Crippen LogP contribution in [-0.2, 0) is 20.9 Å². The molecule has 1 aromatic rings. The van der Waals surface area contributed by atoms with Gasteiger partial charge in [0.1, 0.15) is 6.61 Å². The summed E-state index contributed by atoms with van der Waals surface area (Å²) in [6, 6.07) is 7.57. The third kappa shape index (κ3) is 4.00. The van der Waals surface area contributed by atoms with Crippen molar-refractivity contribution in [2.24, 2.45) is 0 Å². The smallest absolute Gasteiger partial charge is 0.250 e. The van der Waals surface area contributed by atoms with Gasteiger partial charge in [0.05, 0.1) is 6.61 Å². The average molecular weight is 223 g/mol. The molecule has 0 heterocycles. The molecule has 16 heavy (non-hydrogen) atoms. The Kier molecular flexibility index (Phi) is 5.53. The van der Waals surface area contributed by atoms with Crippen LogP contribution in [0.3, 0.4) is 0 Å². The molecule has 4 heteroatoms. The first kappa shape index (κ1) is 12.7. The maximum Gasteiger partial charge on any atom is 0.250 e. The standard InChI is InChI=1S/C12H17NO3/c1-3-16-8-10-6-4-5-7-11(10)13-12(14)9-15-2/h4-7H,3,8-9H2,1-2H3,(H,13,14). The number of hydrogen-bond acceptors (Lipinski definition) is 3. The number of hydrogen-bond donors (Lipinski definition) is 1. The number of benzene rings is 1. The van der Waals surface area contributed by atoms with Crippen molar-refractivity contribution in [3.63, 3.8) is 0 Å². The van der Waals surface area contributed by atoms with Gasteiger partial charge in [-0.3, -0.25) is 4.79 Å². The minimum atomic E-state index is -0.161. The first-order valence-corrected chi connectivity index (χ1v) is 5.22. The molecule has 0 aromatic heterocycles. The zero-order valence-corrected chi connectivity index (χ0v) is 9.66. The predicted molar refractivity (Wildman–Crippen MR) is 62.3 cm³/mol. The van der Waals surface area contributed by atoms with E-state index < -0.39 is 0 Å². The maximum atomic E-state index is 11.4. The zero-order chi connectivity index (χ0) is 11.8. The van der Waals surface area contributed by atoms with Crippen molar-refractivity contribution in [3.05, 3.63) is 29.8 Å². The van der Waals surface area contributed by atoms with Crippen LogP contribution in [0, 0.1) is 0 Å². The average Bonchev–Trinajstić information content (AvgIpc) is 2.28. The molecule has 4 nitrogen and oxygen atoms in total. The number of nitrogens with one attached hydrogen (secondary N) is 1. The van der Waals surface area contributed by atoms with Gasteiger partial charge in [-0.25, -0.2) is 0 Å². The van der Waals surface area contributed by atoms with Crippen molar-refractivity contribution in [3.8, 4) is 0 Å². The van der Waals surface area contributed by atoms with Gasteiger partial charge in [-0.15, -0.1) is 0 Å². The molecule has 0 aliphatic rings. The van der Waals surface area contributed by atoms with E-state index in [1.165, 1.54) is 7.11 Å². The van der Waals surface area contributed by atoms with Gasteiger partial charge in [0, 0.05) is 25.0 Å². The Morgan fingerprint density at radius 2 is 2.12 bits per heavy atom. The van der Waals surface area contributed by atoms with Crippen LogP contribution >= 0.6 is 0 Å². The lowest BCUT2D eigenvalue weighted by Gasteiger charge is -2.10. The lowest BCUT2D eigenvalue weighted by molar-refractivity contribution is -0.119. The molecule has 0 aliphatic heterocycles. The van der Waals surface area contributed by atoms with Crippen LogP contribution in [0.2, 0.25) is 0 Å². The highest BCUT2D eigenvalue weighted by Crippen LogP contribution is 2.15. The molecular weight excluding hydrogens is 206 g/mol. The molecule has 0 spiro atoms. The highest BCUT2D eigenvalue weighted by Gasteiger charge is 2.05. The highest BCUT2D eigenvalue weighted by atomic mass is 16.5. The van der Waals surface area contributed by atoms with E-state index in [2.05, 4.69) is 5.32 Å². The van der Waals surface area contributed by atoms with E-state index in [4.69, 9.17) is 9.47 Å². The van der Waals surface area contributed by atoms with Crippen molar-refractivity contribution in [2.45, 2.75) is 13.5 Å². The Morgan fingerprint density at radius 3 is 2.81 bits per heavy atom. The largest absolute Gasteiger partial charge is 0.377 e. The fraction of sp³-hybridized carbons (Fsp3) is 0.417. The monoisotopic (exact) mass is 223 g/mol. The Labute approximate surface area is 95.6 Å². The predicted octanol–water partition coefficient (Wildman–Crippen LogP) is 1.81. The zero-order valence-electron chi connectivity index (χ0n) is 9.66. The second-order valence-corrected chi connectivity index (χ2v) is 3.28. The summed E-state index contributed by atoms with van der Waals surface area (Å²) < 4.78 is 10.1. The lowest BCUT2D eigenvalue weighted by atomic mass is 10.2. The van der Waals surface area contributed by atoms with Gasteiger partial charge in [-0.2, -0.15) is 0 Å². The molecule has 0 bridgehead atoms. The normalized spacial score (nSPS) is 10.1. The summed E-state index contributed by atoms with van der Waals surface area (Å²) in [4.78, 5) is 11.4. The molecule has 0 atom stereocenters. The van der Waals surface area contributed by atoms with E-state index >= 15 is 0 Å². The van der Waals surface area contributed by atoms with E-state index in [0.717, 1.165) is 11.3 Å². The van der Waals surface area contributed by atoms with Crippen LogP contribution in [0.15, 0.2) is 24.3 Å². The summed E-state index contributed by atoms with van der Waals surface area (Å²) >= 11 is 0. The number of ether oxygens (including phenoxy) is 2. The van der Waals surface area contributed by atoms with Crippen LogP contribution in [0.25, 0.3) is 0 Å². The van der Waals surface area contributed by atoms with Crippen LogP contribution in [0.1, 0.15) is 12.5 Å². The van der Waals surface area contributed by atoms with Crippen LogP contribution < -0.4 is 5.32 Å². The molecule has 0 aliphatic carbocycles. The number of carbonyl (C=O) groups is 1. The van der Waals surface area contributed by atoms with Gasteiger partial charge < -0.3 is 14.8 Å². The topological polar surface area (TPSA) is 47.6 Å². The van der Waals surface area contributed by atoms with Crippen molar-refractivity contribution in [1.82, 2.24) is 0 Å². The van der Waals surface area contributed by atoms with E-state index in [9.17, 15) is 4.79 Å². The molecule has 0 unspecified atom stereocenters. The number of anilines is 1. The molecule has 1 rings (SSSR count). The second kappa shape index (κ2) is 6.98. The quantitative estimate of drug-likeness (QED) is 0.800. The Morgan fingerprint density at radius 1 is 1.38 bits per heavy atom. The minimum absolute atomic E-state index is 0.0585. The first-order chi connectivity index (χ1) is 7.77. The summed E-state index contributed by atoms with van der Waals surface area (Å²) in [5, 5.41) is 2.78. The van der Waals surface area contributed by atoms with Gasteiger partial charge in [0.2, 0.25) is 5.91 Å². The molecular formula is C12H17NO3. The summed E-state index contributed by atoms with van der Waals surface area (Å²) in [5.41, 5.74) is 1.74. The second-order valence-electron chi connectivity index (χ2n) is 3.28. The molecule has 0 saturated carbocycles. The molecule has 0 fully saturated rings. The fourth-order valence-corrected chi connectivity index (χ4v) is 1.30. The molecule has 1 aromatic carbocycles.